The van der Waals surface area contributed by atoms with Crippen molar-refractivity contribution in [2.75, 3.05) is 12.4 Å². The molecular weight excluding hydrogens is 354 g/mol. The molecule has 0 unspecified atom stereocenters. The number of nitrogens with one attached hydrogen (secondary N) is 2. The van der Waals surface area contributed by atoms with Gasteiger partial charge in [-0.15, -0.1) is 11.3 Å². The monoisotopic (exact) mass is 373 g/mol. The van der Waals surface area contributed by atoms with Gasteiger partial charge in [-0.05, 0) is 18.6 Å². The zero-order chi connectivity index (χ0) is 18.7. The number of aryl methyl sites for hydroxylation is 1. The maximum atomic E-state index is 12.7. The zero-order valence-electron chi connectivity index (χ0n) is 14.4. The summed E-state index contributed by atoms with van der Waals surface area (Å²) in [5.74, 6) is -1.06. The molecule has 0 saturated carbocycles. The van der Waals surface area contributed by atoms with E-state index < -0.39 is 12.0 Å². The number of hydrogen-bond donors (Lipinski definition) is 2. The number of anilines is 1. The molecule has 0 spiro atoms. The minimum absolute atomic E-state index is 0.0661. The molecule has 1 aromatic carbocycles. The Hall–Kier alpha value is -2.71. The van der Waals surface area contributed by atoms with Gasteiger partial charge in [-0.25, -0.2) is 9.80 Å². The molecule has 1 aliphatic heterocycles. The average Bonchev–Trinajstić information content (AvgIpc) is 3.17. The van der Waals surface area contributed by atoms with E-state index in [1.807, 2.05) is 37.3 Å². The number of ether oxygens (including phenoxy) is 1. The SMILES string of the molecule is COC(=O)c1cc(C)sc1NC(=O)[C@H]1CC(=O)NN1Cc1ccccc1. The number of methoxy groups -OCH3 is 1. The number of thiophene rings is 1. The van der Waals surface area contributed by atoms with Gasteiger partial charge in [0.05, 0.1) is 19.1 Å². The number of carbonyl (C=O) groups excluding carboxylic acids is 3. The van der Waals surface area contributed by atoms with Gasteiger partial charge in [-0.1, -0.05) is 30.3 Å². The molecule has 1 aliphatic rings. The van der Waals surface area contributed by atoms with E-state index in [9.17, 15) is 14.4 Å². The summed E-state index contributed by atoms with van der Waals surface area (Å²) in [6.07, 6.45) is 0.0661. The van der Waals surface area contributed by atoms with Crippen molar-refractivity contribution < 1.29 is 19.1 Å². The molecule has 7 nitrogen and oxygen atoms in total. The molecule has 8 heteroatoms. The van der Waals surface area contributed by atoms with Crippen LogP contribution >= 0.6 is 11.3 Å². The zero-order valence-corrected chi connectivity index (χ0v) is 15.3. The largest absolute Gasteiger partial charge is 0.465 e. The van der Waals surface area contributed by atoms with Crippen molar-refractivity contribution in [1.29, 1.82) is 0 Å². The second-order valence-corrected chi connectivity index (χ2v) is 7.21. The maximum absolute atomic E-state index is 12.7. The third-order valence-electron chi connectivity index (χ3n) is 4.02. The highest BCUT2D eigenvalue weighted by Gasteiger charge is 2.36. The molecular formula is C18H19N3O4S. The number of esters is 1. The Kier molecular flexibility index (Phi) is 5.34. The van der Waals surface area contributed by atoms with Crippen LogP contribution in [0.5, 0.6) is 0 Å². The van der Waals surface area contributed by atoms with Gasteiger partial charge >= 0.3 is 5.97 Å². The summed E-state index contributed by atoms with van der Waals surface area (Å²) in [4.78, 5) is 37.3. The van der Waals surface area contributed by atoms with Gasteiger partial charge in [0.2, 0.25) is 11.8 Å². The predicted octanol–water partition coefficient (Wildman–Crippen LogP) is 2.09. The van der Waals surface area contributed by atoms with E-state index >= 15 is 0 Å². The van der Waals surface area contributed by atoms with Crippen molar-refractivity contribution in [2.24, 2.45) is 0 Å². The minimum atomic E-state index is -0.657. The second-order valence-electron chi connectivity index (χ2n) is 5.95. The van der Waals surface area contributed by atoms with Crippen LogP contribution in [0.2, 0.25) is 0 Å². The van der Waals surface area contributed by atoms with E-state index in [1.165, 1.54) is 18.4 Å². The van der Waals surface area contributed by atoms with Crippen LogP contribution in [0.15, 0.2) is 36.4 Å². The maximum Gasteiger partial charge on any atom is 0.340 e. The number of rotatable bonds is 5. The Morgan fingerprint density at radius 2 is 2.08 bits per heavy atom. The summed E-state index contributed by atoms with van der Waals surface area (Å²) in [5, 5.41) is 4.82. The fourth-order valence-electron chi connectivity index (χ4n) is 2.80. The first kappa shape index (κ1) is 18.1. The van der Waals surface area contributed by atoms with Gasteiger partial charge < -0.3 is 10.1 Å². The molecule has 1 atom stereocenters. The molecule has 2 aromatic rings. The summed E-state index contributed by atoms with van der Waals surface area (Å²) in [6, 6.07) is 10.6. The highest BCUT2D eigenvalue weighted by atomic mass is 32.1. The van der Waals surface area contributed by atoms with Crippen LogP contribution < -0.4 is 10.7 Å². The molecule has 2 amide bonds. The lowest BCUT2D eigenvalue weighted by molar-refractivity contribution is -0.121. The average molecular weight is 373 g/mol. The Labute approximate surface area is 154 Å². The van der Waals surface area contributed by atoms with Gasteiger partial charge in [0, 0.05) is 11.4 Å². The van der Waals surface area contributed by atoms with Crippen LogP contribution in [0.25, 0.3) is 0 Å². The first-order chi connectivity index (χ1) is 12.5. The fourth-order valence-corrected chi connectivity index (χ4v) is 3.70. The summed E-state index contributed by atoms with van der Waals surface area (Å²) < 4.78 is 4.75. The molecule has 2 heterocycles. The topological polar surface area (TPSA) is 87.7 Å². The minimum Gasteiger partial charge on any atom is -0.465 e. The van der Waals surface area contributed by atoms with Crippen molar-refractivity contribution in [1.82, 2.24) is 10.4 Å². The number of hydrogen-bond acceptors (Lipinski definition) is 6. The molecule has 0 radical (unpaired) electrons. The van der Waals surface area contributed by atoms with Gasteiger partial charge in [-0.2, -0.15) is 0 Å². The Morgan fingerprint density at radius 1 is 1.35 bits per heavy atom. The van der Waals surface area contributed by atoms with Gasteiger partial charge in [-0.3, -0.25) is 15.0 Å². The highest BCUT2D eigenvalue weighted by Crippen LogP contribution is 2.29. The van der Waals surface area contributed by atoms with E-state index in [-0.39, 0.29) is 18.2 Å². The van der Waals surface area contributed by atoms with E-state index in [2.05, 4.69) is 10.7 Å². The van der Waals surface area contributed by atoms with Gasteiger partial charge in [0.25, 0.3) is 0 Å². The number of benzene rings is 1. The van der Waals surface area contributed by atoms with E-state index in [0.717, 1.165) is 10.4 Å². The smallest absolute Gasteiger partial charge is 0.340 e. The summed E-state index contributed by atoms with van der Waals surface area (Å²) >= 11 is 1.29. The lowest BCUT2D eigenvalue weighted by Crippen LogP contribution is -2.43. The van der Waals surface area contributed by atoms with Crippen molar-refractivity contribution in [3.8, 4) is 0 Å². The molecule has 1 fully saturated rings. The van der Waals surface area contributed by atoms with Crippen LogP contribution in [-0.2, 0) is 20.9 Å². The number of nitrogens with zero attached hydrogens (tertiary/aromatic N) is 1. The quantitative estimate of drug-likeness (QED) is 0.784. The summed E-state index contributed by atoms with van der Waals surface area (Å²) in [6.45, 7) is 2.26. The molecule has 0 aliphatic carbocycles. The predicted molar refractivity (Wildman–Crippen MR) is 97.6 cm³/mol. The second kappa shape index (κ2) is 7.67. The van der Waals surface area contributed by atoms with E-state index in [4.69, 9.17) is 4.74 Å². The normalized spacial score (nSPS) is 17.0. The molecule has 136 valence electrons. The number of hydrazine groups is 1. The van der Waals surface area contributed by atoms with Crippen molar-refractivity contribution >= 4 is 34.1 Å². The lowest BCUT2D eigenvalue weighted by Gasteiger charge is -2.22. The Morgan fingerprint density at radius 3 is 2.77 bits per heavy atom. The molecule has 26 heavy (non-hydrogen) atoms. The third kappa shape index (κ3) is 3.92. The Bertz CT molecular complexity index is 834. The van der Waals surface area contributed by atoms with Crippen LogP contribution in [0.1, 0.15) is 27.2 Å². The molecule has 0 bridgehead atoms. The third-order valence-corrected chi connectivity index (χ3v) is 4.98. The number of carbonyl (C=O) groups is 3. The summed E-state index contributed by atoms with van der Waals surface area (Å²) in [7, 11) is 1.29. The lowest BCUT2D eigenvalue weighted by atomic mass is 10.1. The molecule has 3 rings (SSSR count). The molecule has 2 N–H and O–H groups in total. The Balaban J connectivity index is 1.76. The first-order valence-electron chi connectivity index (χ1n) is 8.07. The molecule has 1 aromatic heterocycles. The van der Waals surface area contributed by atoms with Gasteiger partial charge in [0.1, 0.15) is 11.0 Å². The van der Waals surface area contributed by atoms with Crippen molar-refractivity contribution in [3.05, 3.63) is 52.4 Å². The van der Waals surface area contributed by atoms with Crippen LogP contribution in [-0.4, -0.2) is 35.9 Å². The van der Waals surface area contributed by atoms with E-state index in [0.29, 0.717) is 17.1 Å². The molecule has 1 saturated heterocycles. The van der Waals surface area contributed by atoms with Crippen LogP contribution in [0.3, 0.4) is 0 Å². The standard InChI is InChI=1S/C18H19N3O4S/c1-11-8-13(18(24)25-2)17(26-11)19-16(23)14-9-15(22)20-21(14)10-12-6-4-3-5-7-12/h3-8,14H,9-10H2,1-2H3,(H,19,23)(H,20,22)/t14-/m1/s1. The van der Waals surface area contributed by atoms with Crippen LogP contribution in [0.4, 0.5) is 5.00 Å². The van der Waals surface area contributed by atoms with Crippen LogP contribution in [0, 0.1) is 6.92 Å². The number of amides is 2. The fraction of sp³-hybridized carbons (Fsp3) is 0.278. The van der Waals surface area contributed by atoms with E-state index in [1.54, 1.807) is 11.1 Å². The first-order valence-corrected chi connectivity index (χ1v) is 8.89. The van der Waals surface area contributed by atoms with Crippen molar-refractivity contribution in [2.45, 2.75) is 25.9 Å². The van der Waals surface area contributed by atoms with Gasteiger partial charge in [0.15, 0.2) is 0 Å². The highest BCUT2D eigenvalue weighted by molar-refractivity contribution is 7.16. The van der Waals surface area contributed by atoms with Crippen molar-refractivity contribution in [3.63, 3.8) is 0 Å². The summed E-state index contributed by atoms with van der Waals surface area (Å²) in [5.41, 5.74) is 4.01.